The molecule has 0 fully saturated rings. The van der Waals surface area contributed by atoms with Crippen LogP contribution in [0.1, 0.15) is 53.4 Å². The monoisotopic (exact) mass is 218 g/mol. The van der Waals surface area contributed by atoms with Gasteiger partial charge < -0.3 is 0 Å². The standard InChI is InChI=1S/C16H26/c1-5-13(2)11-12-14(3)15(4)16-9-7-6-8-10-16/h6-9,13-14H,5,10-12H2,1-4H3/b16-15-. The molecule has 0 heteroatoms. The van der Waals surface area contributed by atoms with Gasteiger partial charge >= 0.3 is 0 Å². The van der Waals surface area contributed by atoms with Crippen molar-refractivity contribution in [1.29, 1.82) is 0 Å². The van der Waals surface area contributed by atoms with Gasteiger partial charge in [-0.1, -0.05) is 63.5 Å². The van der Waals surface area contributed by atoms with Crippen molar-refractivity contribution in [3.05, 3.63) is 35.5 Å². The summed E-state index contributed by atoms with van der Waals surface area (Å²) in [6.45, 7) is 9.32. The largest absolute Gasteiger partial charge is 0.0801 e. The molecular weight excluding hydrogens is 192 g/mol. The second kappa shape index (κ2) is 6.73. The van der Waals surface area contributed by atoms with Gasteiger partial charge in [-0.05, 0) is 37.2 Å². The van der Waals surface area contributed by atoms with Crippen LogP contribution in [0.5, 0.6) is 0 Å². The molecule has 0 aliphatic heterocycles. The molecule has 0 spiro atoms. The fourth-order valence-corrected chi connectivity index (χ4v) is 2.08. The van der Waals surface area contributed by atoms with E-state index in [9.17, 15) is 0 Å². The molecule has 0 aromatic heterocycles. The van der Waals surface area contributed by atoms with E-state index in [1.54, 1.807) is 5.57 Å². The lowest BCUT2D eigenvalue weighted by Crippen LogP contribution is -2.03. The normalized spacial score (nSPS) is 22.0. The third-order valence-electron chi connectivity index (χ3n) is 3.92. The first-order chi connectivity index (χ1) is 7.65. The Bertz CT molecular complexity index is 291. The minimum absolute atomic E-state index is 0.736. The molecule has 1 aliphatic rings. The Morgan fingerprint density at radius 2 is 2.00 bits per heavy atom. The molecule has 0 N–H and O–H groups in total. The Morgan fingerprint density at radius 3 is 2.56 bits per heavy atom. The van der Waals surface area contributed by atoms with Gasteiger partial charge in [0.1, 0.15) is 0 Å². The van der Waals surface area contributed by atoms with E-state index in [0.717, 1.165) is 18.3 Å². The first-order valence-electron chi connectivity index (χ1n) is 6.68. The summed E-state index contributed by atoms with van der Waals surface area (Å²) in [5, 5.41) is 0. The summed E-state index contributed by atoms with van der Waals surface area (Å²) in [6.07, 6.45) is 13.9. The molecule has 0 heterocycles. The van der Waals surface area contributed by atoms with Crippen molar-refractivity contribution in [1.82, 2.24) is 0 Å². The van der Waals surface area contributed by atoms with Crippen LogP contribution in [0.15, 0.2) is 35.5 Å². The van der Waals surface area contributed by atoms with Gasteiger partial charge in [0, 0.05) is 0 Å². The predicted molar refractivity (Wildman–Crippen MR) is 73.5 cm³/mol. The zero-order valence-corrected chi connectivity index (χ0v) is 11.3. The zero-order chi connectivity index (χ0) is 12.0. The lowest BCUT2D eigenvalue weighted by atomic mass is 9.88. The third-order valence-corrected chi connectivity index (χ3v) is 3.92. The first-order valence-corrected chi connectivity index (χ1v) is 6.68. The van der Waals surface area contributed by atoms with Crippen LogP contribution in [0.2, 0.25) is 0 Å². The van der Waals surface area contributed by atoms with Crippen LogP contribution < -0.4 is 0 Å². The highest BCUT2D eigenvalue weighted by Gasteiger charge is 2.10. The fourth-order valence-electron chi connectivity index (χ4n) is 2.08. The minimum atomic E-state index is 0.736. The zero-order valence-electron chi connectivity index (χ0n) is 11.3. The van der Waals surface area contributed by atoms with Crippen LogP contribution in [0.3, 0.4) is 0 Å². The van der Waals surface area contributed by atoms with Crippen molar-refractivity contribution in [2.45, 2.75) is 53.4 Å². The number of allylic oxidation sites excluding steroid dienone is 6. The van der Waals surface area contributed by atoms with Gasteiger partial charge in [0.05, 0.1) is 0 Å². The molecule has 0 aromatic carbocycles. The van der Waals surface area contributed by atoms with E-state index < -0.39 is 0 Å². The second-order valence-corrected chi connectivity index (χ2v) is 5.19. The van der Waals surface area contributed by atoms with E-state index >= 15 is 0 Å². The number of rotatable bonds is 5. The summed E-state index contributed by atoms with van der Waals surface area (Å²) >= 11 is 0. The number of hydrogen-bond acceptors (Lipinski definition) is 0. The molecule has 2 atom stereocenters. The average Bonchev–Trinajstić information content (AvgIpc) is 2.35. The summed E-state index contributed by atoms with van der Waals surface area (Å²) in [5.41, 5.74) is 3.11. The van der Waals surface area contributed by atoms with Gasteiger partial charge in [-0.2, -0.15) is 0 Å². The van der Waals surface area contributed by atoms with E-state index in [1.165, 1.54) is 24.8 Å². The van der Waals surface area contributed by atoms with E-state index in [1.807, 2.05) is 0 Å². The van der Waals surface area contributed by atoms with Gasteiger partial charge in [0.2, 0.25) is 0 Å². The molecule has 0 saturated carbocycles. The third kappa shape index (κ3) is 4.00. The van der Waals surface area contributed by atoms with Crippen LogP contribution in [-0.4, -0.2) is 0 Å². The second-order valence-electron chi connectivity index (χ2n) is 5.19. The Morgan fingerprint density at radius 1 is 1.25 bits per heavy atom. The van der Waals surface area contributed by atoms with E-state index in [2.05, 4.69) is 52.0 Å². The summed E-state index contributed by atoms with van der Waals surface area (Å²) in [6, 6.07) is 0. The van der Waals surface area contributed by atoms with Gasteiger partial charge in [-0.15, -0.1) is 0 Å². The molecule has 16 heavy (non-hydrogen) atoms. The first kappa shape index (κ1) is 13.3. The van der Waals surface area contributed by atoms with Crippen molar-refractivity contribution in [2.75, 3.05) is 0 Å². The van der Waals surface area contributed by atoms with Crippen molar-refractivity contribution < 1.29 is 0 Å². The van der Waals surface area contributed by atoms with Crippen molar-refractivity contribution in [3.8, 4) is 0 Å². The molecule has 0 aromatic rings. The highest BCUT2D eigenvalue weighted by molar-refractivity contribution is 5.33. The summed E-state index contributed by atoms with van der Waals surface area (Å²) in [5.74, 6) is 1.61. The summed E-state index contributed by atoms with van der Waals surface area (Å²) in [4.78, 5) is 0. The molecular formula is C16H26. The fraction of sp³-hybridized carbons (Fsp3) is 0.625. The lowest BCUT2D eigenvalue weighted by molar-refractivity contribution is 0.449. The molecule has 1 aliphatic carbocycles. The van der Waals surface area contributed by atoms with Crippen LogP contribution in [0.25, 0.3) is 0 Å². The molecule has 0 saturated heterocycles. The average molecular weight is 218 g/mol. The van der Waals surface area contributed by atoms with Crippen molar-refractivity contribution >= 4 is 0 Å². The van der Waals surface area contributed by atoms with Crippen LogP contribution >= 0.6 is 0 Å². The Hall–Kier alpha value is -0.780. The van der Waals surface area contributed by atoms with Crippen LogP contribution in [0.4, 0.5) is 0 Å². The molecule has 1 rings (SSSR count). The smallest absolute Gasteiger partial charge is 0.00948 e. The highest BCUT2D eigenvalue weighted by atomic mass is 14.2. The quantitative estimate of drug-likeness (QED) is 0.589. The summed E-state index contributed by atoms with van der Waals surface area (Å²) in [7, 11) is 0. The predicted octanol–water partition coefficient (Wildman–Crippen LogP) is 5.28. The van der Waals surface area contributed by atoms with Gasteiger partial charge in [-0.3, -0.25) is 0 Å². The van der Waals surface area contributed by atoms with Gasteiger partial charge in [0.25, 0.3) is 0 Å². The van der Waals surface area contributed by atoms with Gasteiger partial charge in [0.15, 0.2) is 0 Å². The van der Waals surface area contributed by atoms with E-state index in [-0.39, 0.29) is 0 Å². The van der Waals surface area contributed by atoms with Crippen molar-refractivity contribution in [3.63, 3.8) is 0 Å². The highest BCUT2D eigenvalue weighted by Crippen LogP contribution is 2.26. The summed E-state index contributed by atoms with van der Waals surface area (Å²) < 4.78 is 0. The molecule has 2 unspecified atom stereocenters. The topological polar surface area (TPSA) is 0 Å². The lowest BCUT2D eigenvalue weighted by Gasteiger charge is -2.18. The maximum Gasteiger partial charge on any atom is -0.00948 e. The SMILES string of the molecule is CCC(C)CCC(C)/C(C)=C1/C=CC=CC1. The maximum atomic E-state index is 2.37. The molecule has 0 bridgehead atoms. The molecule has 0 nitrogen and oxygen atoms in total. The molecule has 0 radical (unpaired) electrons. The van der Waals surface area contributed by atoms with Crippen LogP contribution in [0, 0.1) is 11.8 Å². The minimum Gasteiger partial charge on any atom is -0.0801 e. The Balaban J connectivity index is 2.50. The number of hydrogen-bond donors (Lipinski definition) is 0. The molecule has 0 amide bonds. The Kier molecular flexibility index (Phi) is 5.59. The van der Waals surface area contributed by atoms with Gasteiger partial charge in [-0.25, -0.2) is 0 Å². The van der Waals surface area contributed by atoms with E-state index in [4.69, 9.17) is 0 Å². The molecule has 90 valence electrons. The Labute approximate surface area is 101 Å². The maximum absolute atomic E-state index is 2.37. The van der Waals surface area contributed by atoms with E-state index in [0.29, 0.717) is 0 Å². The van der Waals surface area contributed by atoms with Crippen molar-refractivity contribution in [2.24, 2.45) is 11.8 Å². The van der Waals surface area contributed by atoms with Crippen LogP contribution in [-0.2, 0) is 0 Å².